The Balaban J connectivity index is 2.04. The summed E-state index contributed by atoms with van der Waals surface area (Å²) >= 11 is 5.00. The van der Waals surface area contributed by atoms with E-state index in [1.807, 2.05) is 36.4 Å². The number of hydrogen-bond acceptors (Lipinski definition) is 5. The quantitative estimate of drug-likeness (QED) is 0.821. The fourth-order valence-electron chi connectivity index (χ4n) is 1.36. The van der Waals surface area contributed by atoms with Gasteiger partial charge in [-0.3, -0.25) is 5.43 Å². The van der Waals surface area contributed by atoms with Crippen molar-refractivity contribution < 1.29 is 9.53 Å². The molecule has 0 fully saturated rings. The number of nitrogens with one attached hydrogen (secondary N) is 2. The second kappa shape index (κ2) is 7.16. The number of pyridine rings is 1. The van der Waals surface area contributed by atoms with Crippen molar-refractivity contribution in [1.29, 1.82) is 0 Å². The molecule has 1 aromatic carbocycles. The molecule has 1 heterocycles. The van der Waals surface area contributed by atoms with Gasteiger partial charge in [0.2, 0.25) is 0 Å². The van der Waals surface area contributed by atoms with Gasteiger partial charge in [-0.1, -0.05) is 17.8 Å². The van der Waals surface area contributed by atoms with Crippen LogP contribution >= 0.6 is 27.7 Å². The largest absolute Gasteiger partial charge is 0.452 e. The maximum atomic E-state index is 11.0. The van der Waals surface area contributed by atoms with Crippen LogP contribution in [0.4, 0.5) is 10.5 Å². The molecule has 0 saturated heterocycles. The van der Waals surface area contributed by atoms with Crippen molar-refractivity contribution in [3.63, 3.8) is 0 Å². The number of amides is 1. The van der Waals surface area contributed by atoms with Crippen molar-refractivity contribution in [2.45, 2.75) is 9.92 Å². The summed E-state index contributed by atoms with van der Waals surface area (Å²) in [4.78, 5) is 16.3. The minimum atomic E-state index is -0.552. The van der Waals surface area contributed by atoms with Crippen LogP contribution in [0.5, 0.6) is 0 Å². The summed E-state index contributed by atoms with van der Waals surface area (Å²) in [5.74, 6) is 0. The van der Waals surface area contributed by atoms with Gasteiger partial charge >= 0.3 is 6.09 Å². The third-order valence-electron chi connectivity index (χ3n) is 2.29. The molecular formula is C13H12BrN3O2S. The Morgan fingerprint density at radius 1 is 1.35 bits per heavy atom. The summed E-state index contributed by atoms with van der Waals surface area (Å²) in [5, 5.41) is 0.924. The van der Waals surface area contributed by atoms with Gasteiger partial charge in [0.05, 0.1) is 12.8 Å². The van der Waals surface area contributed by atoms with Crippen molar-refractivity contribution in [1.82, 2.24) is 10.4 Å². The highest BCUT2D eigenvalue weighted by Gasteiger charge is 2.05. The van der Waals surface area contributed by atoms with Crippen LogP contribution in [0.25, 0.3) is 0 Å². The number of nitrogens with zero attached hydrogens (tertiary/aromatic N) is 1. The molecule has 104 valence electrons. The van der Waals surface area contributed by atoms with Crippen LogP contribution in [-0.2, 0) is 4.74 Å². The Morgan fingerprint density at radius 2 is 2.20 bits per heavy atom. The Labute approximate surface area is 129 Å². The number of aromatic nitrogens is 1. The first kappa shape index (κ1) is 14.7. The highest BCUT2D eigenvalue weighted by atomic mass is 79.9. The molecule has 0 bridgehead atoms. The monoisotopic (exact) mass is 353 g/mol. The second-order valence-electron chi connectivity index (χ2n) is 3.65. The number of carbonyl (C=O) groups is 1. The third kappa shape index (κ3) is 4.14. The summed E-state index contributed by atoms with van der Waals surface area (Å²) in [6.07, 6.45) is 1.21. The molecule has 0 aliphatic rings. The normalized spacial score (nSPS) is 9.90. The van der Waals surface area contributed by atoms with Crippen molar-refractivity contribution in [2.24, 2.45) is 0 Å². The molecule has 2 N–H and O–H groups in total. The molecule has 0 saturated carbocycles. The molecule has 1 amide bonds. The lowest BCUT2D eigenvalue weighted by atomic mass is 10.3. The second-order valence-corrected chi connectivity index (χ2v) is 5.60. The van der Waals surface area contributed by atoms with Gasteiger partial charge in [-0.2, -0.15) is 0 Å². The number of carbonyl (C=O) groups excluding carboxylic acids is 1. The first-order valence-electron chi connectivity index (χ1n) is 5.67. The summed E-state index contributed by atoms with van der Waals surface area (Å²) in [7, 11) is 1.30. The van der Waals surface area contributed by atoms with E-state index in [9.17, 15) is 4.79 Å². The molecular weight excluding hydrogens is 342 g/mol. The van der Waals surface area contributed by atoms with Gasteiger partial charge < -0.3 is 4.74 Å². The maximum absolute atomic E-state index is 11.0. The van der Waals surface area contributed by atoms with Gasteiger partial charge in [0.25, 0.3) is 0 Å². The topological polar surface area (TPSA) is 63.2 Å². The molecule has 0 radical (unpaired) electrons. The smallest absolute Gasteiger partial charge is 0.425 e. The minimum absolute atomic E-state index is 0.552. The Bertz CT molecular complexity index is 595. The number of halogens is 1. The molecule has 2 aromatic rings. The van der Waals surface area contributed by atoms with E-state index in [0.717, 1.165) is 20.1 Å². The van der Waals surface area contributed by atoms with Crippen LogP contribution in [0.2, 0.25) is 0 Å². The SMILES string of the molecule is COC(=O)NNc1ccc(Sc2ccccn2)cc1Br. The van der Waals surface area contributed by atoms with Gasteiger partial charge in [0.15, 0.2) is 0 Å². The number of benzene rings is 1. The summed E-state index contributed by atoms with van der Waals surface area (Å²) < 4.78 is 5.30. The summed E-state index contributed by atoms with van der Waals surface area (Å²) in [6.45, 7) is 0. The number of hydrazine groups is 1. The van der Waals surface area contributed by atoms with E-state index >= 15 is 0 Å². The molecule has 2 rings (SSSR count). The van der Waals surface area contributed by atoms with Crippen molar-refractivity contribution >= 4 is 39.5 Å². The highest BCUT2D eigenvalue weighted by Crippen LogP contribution is 2.31. The van der Waals surface area contributed by atoms with Gasteiger partial charge in [-0.15, -0.1) is 0 Å². The van der Waals surface area contributed by atoms with E-state index in [1.54, 1.807) is 18.0 Å². The Kier molecular flexibility index (Phi) is 5.25. The van der Waals surface area contributed by atoms with Crippen molar-refractivity contribution in [3.8, 4) is 0 Å². The van der Waals surface area contributed by atoms with Crippen LogP contribution in [0.15, 0.2) is 57.0 Å². The predicted molar refractivity (Wildman–Crippen MR) is 81.7 cm³/mol. The van der Waals surface area contributed by atoms with Crippen LogP contribution in [0, 0.1) is 0 Å². The molecule has 1 aromatic heterocycles. The van der Waals surface area contributed by atoms with Crippen LogP contribution in [0.3, 0.4) is 0 Å². The minimum Gasteiger partial charge on any atom is -0.452 e. The maximum Gasteiger partial charge on any atom is 0.425 e. The Morgan fingerprint density at radius 3 is 2.85 bits per heavy atom. The number of ether oxygens (including phenoxy) is 1. The lowest BCUT2D eigenvalue weighted by molar-refractivity contribution is 0.173. The molecule has 0 aliphatic carbocycles. The van der Waals surface area contributed by atoms with E-state index < -0.39 is 6.09 Å². The van der Waals surface area contributed by atoms with E-state index in [2.05, 4.69) is 36.5 Å². The number of anilines is 1. The van der Waals surface area contributed by atoms with Gasteiger partial charge in [-0.25, -0.2) is 15.2 Å². The van der Waals surface area contributed by atoms with Gasteiger partial charge in [0.1, 0.15) is 5.03 Å². The zero-order valence-electron chi connectivity index (χ0n) is 10.6. The first-order chi connectivity index (χ1) is 9.69. The van der Waals surface area contributed by atoms with E-state index in [0.29, 0.717) is 0 Å². The van der Waals surface area contributed by atoms with Gasteiger partial charge in [0, 0.05) is 15.6 Å². The molecule has 7 heteroatoms. The zero-order valence-corrected chi connectivity index (χ0v) is 13.0. The first-order valence-corrected chi connectivity index (χ1v) is 7.28. The van der Waals surface area contributed by atoms with E-state index in [1.165, 1.54) is 7.11 Å². The fraction of sp³-hybridized carbons (Fsp3) is 0.0769. The number of hydrogen-bond donors (Lipinski definition) is 2. The standard InChI is InChI=1S/C13H12BrN3O2S/c1-19-13(18)17-16-11-6-5-9(8-10(11)14)20-12-4-2-3-7-15-12/h2-8,16H,1H3,(H,17,18). The highest BCUT2D eigenvalue weighted by molar-refractivity contribution is 9.10. The lowest BCUT2D eigenvalue weighted by Crippen LogP contribution is -2.29. The fourth-order valence-corrected chi connectivity index (χ4v) is 2.80. The van der Waals surface area contributed by atoms with Crippen LogP contribution in [-0.4, -0.2) is 18.2 Å². The van der Waals surface area contributed by atoms with E-state index in [4.69, 9.17) is 0 Å². The van der Waals surface area contributed by atoms with Crippen molar-refractivity contribution in [2.75, 3.05) is 12.5 Å². The van der Waals surface area contributed by atoms with Crippen LogP contribution < -0.4 is 10.9 Å². The lowest BCUT2D eigenvalue weighted by Gasteiger charge is -2.10. The molecule has 0 atom stereocenters. The zero-order chi connectivity index (χ0) is 14.4. The molecule has 0 aliphatic heterocycles. The predicted octanol–water partition coefficient (Wildman–Crippen LogP) is 3.68. The molecule has 0 unspecified atom stereocenters. The van der Waals surface area contributed by atoms with E-state index in [-0.39, 0.29) is 0 Å². The molecule has 0 spiro atoms. The summed E-state index contributed by atoms with van der Waals surface area (Å²) in [5.41, 5.74) is 5.89. The average molecular weight is 354 g/mol. The third-order valence-corrected chi connectivity index (χ3v) is 3.88. The molecule has 5 nitrogen and oxygen atoms in total. The average Bonchev–Trinajstić information content (AvgIpc) is 2.47. The molecule has 20 heavy (non-hydrogen) atoms. The van der Waals surface area contributed by atoms with Crippen molar-refractivity contribution in [3.05, 3.63) is 47.1 Å². The van der Waals surface area contributed by atoms with Crippen LogP contribution in [0.1, 0.15) is 0 Å². The Hall–Kier alpha value is -1.73. The number of methoxy groups -OCH3 is 1. The number of rotatable bonds is 4. The van der Waals surface area contributed by atoms with Gasteiger partial charge in [-0.05, 0) is 46.3 Å². The summed E-state index contributed by atoms with van der Waals surface area (Å²) in [6, 6.07) is 11.5.